The zero-order chi connectivity index (χ0) is 20.8. The maximum atomic E-state index is 14.0. The minimum absolute atomic E-state index is 0.0993. The second kappa shape index (κ2) is 7.48. The van der Waals surface area contributed by atoms with Crippen molar-refractivity contribution >= 4 is 17.2 Å². The highest BCUT2D eigenvalue weighted by atomic mass is 32.1. The Morgan fingerprint density at radius 3 is 2.93 bits per heavy atom. The molecular weight excluding hydrogens is 410 g/mol. The van der Waals surface area contributed by atoms with Gasteiger partial charge in [0.05, 0.1) is 22.7 Å². The highest BCUT2D eigenvalue weighted by Crippen LogP contribution is 2.51. The summed E-state index contributed by atoms with van der Waals surface area (Å²) in [6.45, 7) is 2.37. The van der Waals surface area contributed by atoms with E-state index in [9.17, 15) is 13.6 Å². The molecule has 1 fully saturated rings. The summed E-state index contributed by atoms with van der Waals surface area (Å²) in [6.07, 6.45) is 2.44. The van der Waals surface area contributed by atoms with Gasteiger partial charge in [0.2, 0.25) is 0 Å². The quantitative estimate of drug-likeness (QED) is 0.668. The van der Waals surface area contributed by atoms with Gasteiger partial charge in [0.25, 0.3) is 5.91 Å². The monoisotopic (exact) mass is 430 g/mol. The van der Waals surface area contributed by atoms with Crippen molar-refractivity contribution in [1.82, 2.24) is 15.1 Å². The summed E-state index contributed by atoms with van der Waals surface area (Å²) >= 11 is 1.25. The summed E-state index contributed by atoms with van der Waals surface area (Å²) < 4.78 is 35.3. The van der Waals surface area contributed by atoms with Gasteiger partial charge in [0.1, 0.15) is 6.61 Å². The lowest BCUT2D eigenvalue weighted by Crippen LogP contribution is -2.35. The van der Waals surface area contributed by atoms with Gasteiger partial charge < -0.3 is 15.8 Å². The fourth-order valence-electron chi connectivity index (χ4n) is 4.56. The van der Waals surface area contributed by atoms with Crippen molar-refractivity contribution in [2.24, 2.45) is 5.73 Å². The van der Waals surface area contributed by atoms with Gasteiger partial charge in [-0.25, -0.2) is 8.78 Å². The summed E-state index contributed by atoms with van der Waals surface area (Å²) in [5, 5.41) is 8.40. The van der Waals surface area contributed by atoms with Gasteiger partial charge in [-0.3, -0.25) is 9.48 Å². The Morgan fingerprint density at radius 2 is 2.13 bits per heavy atom. The van der Waals surface area contributed by atoms with E-state index in [1.54, 1.807) is 12.3 Å². The first kappa shape index (κ1) is 19.2. The van der Waals surface area contributed by atoms with E-state index in [0.29, 0.717) is 35.2 Å². The van der Waals surface area contributed by atoms with E-state index in [2.05, 4.69) is 10.4 Å². The maximum Gasteiger partial charge on any atom is 0.259 e. The first-order valence-electron chi connectivity index (χ1n) is 9.81. The van der Waals surface area contributed by atoms with Crippen LogP contribution in [0.1, 0.15) is 39.1 Å². The van der Waals surface area contributed by atoms with Gasteiger partial charge in [-0.1, -0.05) is 17.4 Å². The van der Waals surface area contributed by atoms with E-state index in [-0.39, 0.29) is 11.8 Å². The number of nitrogens with two attached hydrogens (primary N) is 1. The molecule has 5 rings (SSSR count). The van der Waals surface area contributed by atoms with Crippen LogP contribution < -0.4 is 15.8 Å². The van der Waals surface area contributed by atoms with Crippen LogP contribution in [0.3, 0.4) is 0 Å². The van der Waals surface area contributed by atoms with Crippen LogP contribution in [0.5, 0.6) is 5.06 Å². The lowest BCUT2D eigenvalue weighted by molar-refractivity contribution is 0.100. The van der Waals surface area contributed by atoms with Gasteiger partial charge >= 0.3 is 0 Å². The van der Waals surface area contributed by atoms with E-state index in [0.717, 1.165) is 35.9 Å². The van der Waals surface area contributed by atoms with Gasteiger partial charge in [-0.15, -0.1) is 0 Å². The smallest absolute Gasteiger partial charge is 0.259 e. The molecule has 0 bridgehead atoms. The molecule has 156 valence electrons. The van der Waals surface area contributed by atoms with Crippen molar-refractivity contribution in [3.8, 4) is 16.3 Å². The first-order valence-corrected chi connectivity index (χ1v) is 10.6. The molecule has 1 amide bonds. The van der Waals surface area contributed by atoms with Gasteiger partial charge in [0, 0.05) is 18.7 Å². The molecule has 3 aromatic rings. The number of halogens is 2. The van der Waals surface area contributed by atoms with Crippen LogP contribution in [0, 0.1) is 11.6 Å². The number of ether oxygens (including phenoxy) is 1. The number of hydrogen-bond donors (Lipinski definition) is 2. The molecular formula is C21H20F2N4O2S. The van der Waals surface area contributed by atoms with Gasteiger partial charge in [-0.2, -0.15) is 5.10 Å². The fraction of sp³-hybridized carbons (Fsp3) is 0.333. The van der Waals surface area contributed by atoms with Crippen LogP contribution in [-0.2, 0) is 6.54 Å². The number of benzene rings is 1. The van der Waals surface area contributed by atoms with Crippen LogP contribution >= 0.6 is 11.3 Å². The molecule has 4 heterocycles. The molecule has 9 heteroatoms. The average molecular weight is 430 g/mol. The van der Waals surface area contributed by atoms with Crippen LogP contribution in [0.4, 0.5) is 8.78 Å². The fourth-order valence-corrected chi connectivity index (χ4v) is 5.66. The number of primary amides is 1. The van der Waals surface area contributed by atoms with E-state index >= 15 is 0 Å². The predicted molar refractivity (Wildman–Crippen MR) is 109 cm³/mol. The average Bonchev–Trinajstić information content (AvgIpc) is 3.31. The van der Waals surface area contributed by atoms with E-state index in [1.807, 2.05) is 10.7 Å². The van der Waals surface area contributed by atoms with Crippen LogP contribution in [0.2, 0.25) is 0 Å². The minimum Gasteiger partial charge on any atom is -0.481 e. The minimum atomic E-state index is -0.872. The summed E-state index contributed by atoms with van der Waals surface area (Å²) in [7, 11) is 0. The van der Waals surface area contributed by atoms with Crippen LogP contribution in [0.15, 0.2) is 30.5 Å². The molecule has 0 unspecified atom stereocenters. The number of carbonyl (C=O) groups excluding carboxylic acids is 1. The number of nitrogens with zero attached hydrogens (tertiary/aromatic N) is 2. The highest BCUT2D eigenvalue weighted by molar-refractivity contribution is 7.16. The highest BCUT2D eigenvalue weighted by Gasteiger charge is 2.37. The van der Waals surface area contributed by atoms with E-state index < -0.39 is 17.5 Å². The Morgan fingerprint density at radius 1 is 1.27 bits per heavy atom. The molecule has 6 nitrogen and oxygen atoms in total. The van der Waals surface area contributed by atoms with Crippen molar-refractivity contribution < 1.29 is 18.3 Å². The Balaban J connectivity index is 1.70. The molecule has 0 aliphatic carbocycles. The molecule has 0 radical (unpaired) electrons. The standard InChI is InChI=1S/C21H20F2N4O2S/c22-14-2-1-11(9-15(14)23)12-3-5-25-10-13(12)17-18-16-4-6-26-27(16)7-8-29-21(18)30-19(17)20(24)28/h1-2,4,6,9,12-13,25H,3,5,7-8,10H2,(H2,24,28)/t12-,13+/m1/s1. The molecule has 2 aromatic heterocycles. The molecule has 2 aliphatic rings. The predicted octanol–water partition coefficient (Wildman–Crippen LogP) is 3.24. The van der Waals surface area contributed by atoms with Crippen molar-refractivity contribution in [1.29, 1.82) is 0 Å². The third-order valence-electron chi connectivity index (χ3n) is 5.87. The van der Waals surface area contributed by atoms with Crippen molar-refractivity contribution in [2.45, 2.75) is 24.8 Å². The number of piperidine rings is 1. The number of nitrogens with one attached hydrogen (secondary N) is 1. The number of carbonyl (C=O) groups is 1. The van der Waals surface area contributed by atoms with Crippen molar-refractivity contribution in [3.05, 3.63) is 58.1 Å². The number of fused-ring (bicyclic) bond motifs is 3. The molecule has 3 N–H and O–H groups in total. The molecule has 0 saturated carbocycles. The van der Waals surface area contributed by atoms with Crippen LogP contribution in [-0.4, -0.2) is 35.4 Å². The maximum absolute atomic E-state index is 14.0. The number of hydrogen-bond acceptors (Lipinski definition) is 5. The van der Waals surface area contributed by atoms with Crippen LogP contribution in [0.25, 0.3) is 11.3 Å². The zero-order valence-corrected chi connectivity index (χ0v) is 16.8. The Labute approximate surface area is 175 Å². The van der Waals surface area contributed by atoms with Gasteiger partial charge in [-0.05, 0) is 48.2 Å². The normalized spacial score (nSPS) is 20.7. The van der Waals surface area contributed by atoms with Crippen molar-refractivity contribution in [2.75, 3.05) is 19.7 Å². The Kier molecular flexibility index (Phi) is 4.79. The second-order valence-corrected chi connectivity index (χ2v) is 8.52. The number of amides is 1. The largest absolute Gasteiger partial charge is 0.481 e. The number of rotatable bonds is 3. The summed E-state index contributed by atoms with van der Waals surface area (Å²) in [5.74, 6) is -2.52. The van der Waals surface area contributed by atoms with E-state index in [4.69, 9.17) is 10.5 Å². The summed E-state index contributed by atoms with van der Waals surface area (Å²) in [5.41, 5.74) is 8.96. The summed E-state index contributed by atoms with van der Waals surface area (Å²) in [4.78, 5) is 12.8. The first-order chi connectivity index (χ1) is 14.5. The zero-order valence-electron chi connectivity index (χ0n) is 16.0. The lowest BCUT2D eigenvalue weighted by atomic mass is 9.76. The molecule has 1 aromatic carbocycles. The van der Waals surface area contributed by atoms with Crippen molar-refractivity contribution in [3.63, 3.8) is 0 Å². The van der Waals surface area contributed by atoms with Gasteiger partial charge in [0.15, 0.2) is 16.7 Å². The Hall–Kier alpha value is -2.78. The molecule has 1 saturated heterocycles. The second-order valence-electron chi connectivity index (χ2n) is 7.54. The third-order valence-corrected chi connectivity index (χ3v) is 7.00. The molecule has 0 spiro atoms. The number of thiophene rings is 1. The molecule has 30 heavy (non-hydrogen) atoms. The molecule has 2 aliphatic heterocycles. The summed E-state index contributed by atoms with van der Waals surface area (Å²) in [6, 6.07) is 5.94. The number of aromatic nitrogens is 2. The SMILES string of the molecule is NC(=O)c1sc2c(c1[C@H]1CNCC[C@@H]1c1ccc(F)c(F)c1)-c1ccnn1CCO2. The lowest BCUT2D eigenvalue weighted by Gasteiger charge is -2.33. The van der Waals surface area contributed by atoms with E-state index in [1.165, 1.54) is 17.4 Å². The topological polar surface area (TPSA) is 82.2 Å². The third kappa shape index (κ3) is 3.09. The Bertz CT molecular complexity index is 1130. The molecule has 2 atom stereocenters.